The molecule has 5 nitrogen and oxygen atoms in total. The highest BCUT2D eigenvalue weighted by Gasteiger charge is 2.24. The van der Waals surface area contributed by atoms with Crippen molar-refractivity contribution >= 4 is 17.4 Å². The molecule has 1 aliphatic rings. The van der Waals surface area contributed by atoms with Gasteiger partial charge in [0.1, 0.15) is 0 Å². The quantitative estimate of drug-likeness (QED) is 0.927. The van der Waals surface area contributed by atoms with Crippen LogP contribution < -0.4 is 5.32 Å². The summed E-state index contributed by atoms with van der Waals surface area (Å²) in [6.45, 7) is 6.36. The van der Waals surface area contributed by atoms with Gasteiger partial charge in [0, 0.05) is 24.4 Å². The van der Waals surface area contributed by atoms with Crippen LogP contribution in [0, 0.1) is 13.8 Å². The molecule has 1 saturated heterocycles. The second kappa shape index (κ2) is 7.77. The van der Waals surface area contributed by atoms with Gasteiger partial charge in [-0.1, -0.05) is 30.3 Å². The maximum absolute atomic E-state index is 12.4. The molecule has 2 aromatic rings. The molecule has 0 radical (unpaired) electrons. The number of morpholine rings is 1. The summed E-state index contributed by atoms with van der Waals surface area (Å²) in [5, 5.41) is 4.04. The number of amides is 2. The number of thiazole rings is 1. The van der Waals surface area contributed by atoms with Crippen LogP contribution in [0.5, 0.6) is 0 Å². The first kappa shape index (κ1) is 16.9. The molecule has 3 rings (SSSR count). The van der Waals surface area contributed by atoms with Crippen molar-refractivity contribution in [2.24, 2.45) is 0 Å². The van der Waals surface area contributed by atoms with Gasteiger partial charge in [-0.3, -0.25) is 0 Å². The number of ether oxygens (including phenoxy) is 1. The van der Waals surface area contributed by atoms with Gasteiger partial charge in [0.15, 0.2) is 0 Å². The molecule has 0 aliphatic carbocycles. The number of rotatable bonds is 4. The lowest BCUT2D eigenvalue weighted by molar-refractivity contribution is -0.0133. The Bertz CT molecular complexity index is 687. The van der Waals surface area contributed by atoms with Crippen molar-refractivity contribution in [3.8, 4) is 0 Å². The average molecular weight is 345 g/mol. The molecule has 1 unspecified atom stereocenters. The largest absolute Gasteiger partial charge is 0.374 e. The van der Waals surface area contributed by atoms with E-state index in [1.165, 1.54) is 5.56 Å². The molecule has 1 aromatic heterocycles. The average Bonchev–Trinajstić information content (AvgIpc) is 2.91. The number of carbonyl (C=O) groups is 1. The molecule has 1 atom stereocenters. The highest BCUT2D eigenvalue weighted by molar-refractivity contribution is 7.11. The lowest BCUT2D eigenvalue weighted by Crippen LogP contribution is -2.50. The Labute approximate surface area is 146 Å². The maximum atomic E-state index is 12.4. The first-order valence-corrected chi connectivity index (χ1v) is 9.04. The Morgan fingerprint density at radius 3 is 2.88 bits per heavy atom. The van der Waals surface area contributed by atoms with Gasteiger partial charge in [-0.05, 0) is 19.4 Å². The Balaban J connectivity index is 1.52. The second-order valence-electron chi connectivity index (χ2n) is 6.03. The van der Waals surface area contributed by atoms with Crippen LogP contribution in [0.4, 0.5) is 4.79 Å². The molecule has 128 valence electrons. The zero-order chi connectivity index (χ0) is 16.9. The fourth-order valence-electron chi connectivity index (χ4n) is 2.91. The summed E-state index contributed by atoms with van der Waals surface area (Å²) in [6.07, 6.45) is 0.886. The molecule has 1 fully saturated rings. The Morgan fingerprint density at radius 1 is 1.38 bits per heavy atom. The third-order valence-electron chi connectivity index (χ3n) is 4.13. The number of nitrogens with zero attached hydrogens (tertiary/aromatic N) is 2. The fraction of sp³-hybridized carbons (Fsp3) is 0.444. The van der Waals surface area contributed by atoms with E-state index < -0.39 is 0 Å². The van der Waals surface area contributed by atoms with E-state index in [2.05, 4.69) is 22.4 Å². The monoisotopic (exact) mass is 345 g/mol. The highest BCUT2D eigenvalue weighted by atomic mass is 32.1. The normalized spacial score (nSPS) is 17.8. The minimum absolute atomic E-state index is 0.0261. The van der Waals surface area contributed by atoms with Crippen molar-refractivity contribution in [2.45, 2.75) is 32.9 Å². The lowest BCUT2D eigenvalue weighted by Gasteiger charge is -2.33. The van der Waals surface area contributed by atoms with Gasteiger partial charge in [-0.15, -0.1) is 11.3 Å². The standard InChI is InChI=1S/C18H23N3O2S/c1-13-17(24-14(2)20-13)11-19-18(22)21-8-9-23-16(12-21)10-15-6-4-3-5-7-15/h3-7,16H,8-12H2,1-2H3,(H,19,22). The van der Waals surface area contributed by atoms with E-state index in [0.29, 0.717) is 26.2 Å². The summed E-state index contributed by atoms with van der Waals surface area (Å²) in [7, 11) is 0. The SMILES string of the molecule is Cc1nc(C)c(CNC(=O)N2CCOC(Cc3ccccc3)C2)s1. The summed E-state index contributed by atoms with van der Waals surface area (Å²) >= 11 is 1.64. The Morgan fingerprint density at radius 2 is 2.17 bits per heavy atom. The zero-order valence-corrected chi connectivity index (χ0v) is 14.9. The number of aryl methyl sites for hydroxylation is 2. The molecule has 0 spiro atoms. The topological polar surface area (TPSA) is 54.5 Å². The first-order valence-electron chi connectivity index (χ1n) is 8.23. The van der Waals surface area contributed by atoms with Gasteiger partial charge in [-0.25, -0.2) is 9.78 Å². The second-order valence-corrected chi connectivity index (χ2v) is 7.32. The van der Waals surface area contributed by atoms with E-state index in [0.717, 1.165) is 22.0 Å². The minimum Gasteiger partial charge on any atom is -0.374 e. The van der Waals surface area contributed by atoms with Gasteiger partial charge in [0.25, 0.3) is 0 Å². The summed E-state index contributed by atoms with van der Waals surface area (Å²) in [5.74, 6) is 0. The number of aromatic nitrogens is 1. The molecule has 6 heteroatoms. The van der Waals surface area contributed by atoms with Crippen LogP contribution >= 0.6 is 11.3 Å². The number of carbonyl (C=O) groups excluding carboxylic acids is 1. The molecular weight excluding hydrogens is 322 g/mol. The van der Waals surface area contributed by atoms with Gasteiger partial charge >= 0.3 is 6.03 Å². The van der Waals surface area contributed by atoms with Crippen molar-refractivity contribution in [3.63, 3.8) is 0 Å². The molecule has 1 N–H and O–H groups in total. The van der Waals surface area contributed by atoms with E-state index >= 15 is 0 Å². The number of hydrogen-bond acceptors (Lipinski definition) is 4. The molecule has 2 heterocycles. The van der Waals surface area contributed by atoms with E-state index in [1.807, 2.05) is 36.9 Å². The van der Waals surface area contributed by atoms with Crippen LogP contribution in [-0.2, 0) is 17.7 Å². The molecule has 2 amide bonds. The smallest absolute Gasteiger partial charge is 0.317 e. The predicted molar refractivity (Wildman–Crippen MR) is 95.3 cm³/mol. The molecule has 0 saturated carbocycles. The Hall–Kier alpha value is -1.92. The summed E-state index contributed by atoms with van der Waals surface area (Å²) in [6, 6.07) is 10.2. The van der Waals surface area contributed by atoms with Crippen molar-refractivity contribution in [1.29, 1.82) is 0 Å². The van der Waals surface area contributed by atoms with Crippen LogP contribution in [0.3, 0.4) is 0 Å². The van der Waals surface area contributed by atoms with Crippen molar-refractivity contribution in [3.05, 3.63) is 51.5 Å². The van der Waals surface area contributed by atoms with Gasteiger partial charge in [0.2, 0.25) is 0 Å². The van der Waals surface area contributed by atoms with Crippen LogP contribution in [0.15, 0.2) is 30.3 Å². The number of hydrogen-bond donors (Lipinski definition) is 1. The van der Waals surface area contributed by atoms with Gasteiger partial charge in [-0.2, -0.15) is 0 Å². The highest BCUT2D eigenvalue weighted by Crippen LogP contribution is 2.17. The van der Waals surface area contributed by atoms with E-state index in [-0.39, 0.29) is 12.1 Å². The van der Waals surface area contributed by atoms with Crippen LogP contribution in [0.1, 0.15) is 21.1 Å². The van der Waals surface area contributed by atoms with E-state index in [4.69, 9.17) is 4.74 Å². The summed E-state index contributed by atoms with van der Waals surface area (Å²) in [4.78, 5) is 19.8. The third kappa shape index (κ3) is 4.33. The predicted octanol–water partition coefficient (Wildman–Crippen LogP) is 2.91. The van der Waals surface area contributed by atoms with E-state index in [1.54, 1.807) is 11.3 Å². The van der Waals surface area contributed by atoms with Crippen molar-refractivity contribution < 1.29 is 9.53 Å². The van der Waals surface area contributed by atoms with Crippen LogP contribution in [0.25, 0.3) is 0 Å². The molecular formula is C18H23N3O2S. The number of benzene rings is 1. The lowest BCUT2D eigenvalue weighted by atomic mass is 10.1. The molecule has 1 aromatic carbocycles. The summed E-state index contributed by atoms with van der Waals surface area (Å²) in [5.41, 5.74) is 2.24. The third-order valence-corrected chi connectivity index (χ3v) is 5.20. The van der Waals surface area contributed by atoms with E-state index in [9.17, 15) is 4.79 Å². The van der Waals surface area contributed by atoms with Crippen molar-refractivity contribution in [1.82, 2.24) is 15.2 Å². The van der Waals surface area contributed by atoms with Gasteiger partial charge < -0.3 is 15.0 Å². The molecule has 24 heavy (non-hydrogen) atoms. The minimum atomic E-state index is -0.0261. The van der Waals surface area contributed by atoms with Crippen LogP contribution in [0.2, 0.25) is 0 Å². The Kier molecular flexibility index (Phi) is 5.48. The van der Waals surface area contributed by atoms with Crippen molar-refractivity contribution in [2.75, 3.05) is 19.7 Å². The zero-order valence-electron chi connectivity index (χ0n) is 14.1. The molecule has 0 bridgehead atoms. The first-order chi connectivity index (χ1) is 11.6. The van der Waals surface area contributed by atoms with Gasteiger partial charge in [0.05, 0.1) is 30.0 Å². The number of urea groups is 1. The molecule has 1 aliphatic heterocycles. The summed E-state index contributed by atoms with van der Waals surface area (Å²) < 4.78 is 5.82. The maximum Gasteiger partial charge on any atom is 0.317 e. The fourth-order valence-corrected chi connectivity index (χ4v) is 3.79. The number of nitrogens with one attached hydrogen (secondary N) is 1. The van der Waals surface area contributed by atoms with Crippen LogP contribution in [-0.4, -0.2) is 41.7 Å².